The fraction of sp³-hybridized carbons (Fsp3) is 0.385. The number of hydrogen-bond acceptors (Lipinski definition) is 1. The second-order valence-electron chi connectivity index (χ2n) is 3.45. The largest absolute Gasteiger partial charge is 0.316 e. The van der Waals surface area contributed by atoms with Crippen molar-refractivity contribution in [3.05, 3.63) is 34.9 Å². The van der Waals surface area contributed by atoms with Crippen LogP contribution in [0.3, 0.4) is 0 Å². The van der Waals surface area contributed by atoms with Gasteiger partial charge in [0.25, 0.3) is 0 Å². The lowest BCUT2D eigenvalue weighted by Gasteiger charge is -2.12. The van der Waals surface area contributed by atoms with Crippen LogP contribution in [-0.4, -0.2) is 13.1 Å². The summed E-state index contributed by atoms with van der Waals surface area (Å²) in [6, 6.07) is 8.39. The fourth-order valence-electron chi connectivity index (χ4n) is 1.41. The first kappa shape index (κ1) is 12.1. The van der Waals surface area contributed by atoms with E-state index in [4.69, 9.17) is 11.6 Å². The summed E-state index contributed by atoms with van der Waals surface area (Å²) >= 11 is 5.83. The summed E-state index contributed by atoms with van der Waals surface area (Å²) in [5.74, 6) is 6.01. The molecule has 1 atom stereocenters. The lowest BCUT2D eigenvalue weighted by Crippen LogP contribution is -2.26. The number of rotatable bonds is 4. The van der Waals surface area contributed by atoms with Gasteiger partial charge in [0, 0.05) is 17.5 Å². The summed E-state index contributed by atoms with van der Waals surface area (Å²) in [7, 11) is 1.97. The number of halogens is 1. The van der Waals surface area contributed by atoms with Crippen molar-refractivity contribution in [3.63, 3.8) is 0 Å². The number of nitrogens with one attached hydrogen (secondary N) is 1. The topological polar surface area (TPSA) is 12.0 Å². The van der Waals surface area contributed by atoms with E-state index < -0.39 is 0 Å². The zero-order chi connectivity index (χ0) is 11.1. The molecule has 0 saturated carbocycles. The first-order chi connectivity index (χ1) is 7.26. The molecule has 15 heavy (non-hydrogen) atoms. The average molecular weight is 222 g/mol. The molecule has 0 saturated heterocycles. The van der Waals surface area contributed by atoms with Crippen LogP contribution in [0.1, 0.15) is 18.9 Å². The molecule has 0 bridgehead atoms. The quantitative estimate of drug-likeness (QED) is 0.771. The van der Waals surface area contributed by atoms with Gasteiger partial charge in [-0.05, 0) is 38.1 Å². The van der Waals surface area contributed by atoms with Crippen LogP contribution in [0.15, 0.2) is 24.3 Å². The monoisotopic (exact) mass is 221 g/mol. The Labute approximate surface area is 96.8 Å². The van der Waals surface area contributed by atoms with E-state index in [1.165, 1.54) is 5.56 Å². The molecule has 80 valence electrons. The van der Waals surface area contributed by atoms with Gasteiger partial charge in [-0.3, -0.25) is 0 Å². The highest BCUT2D eigenvalue weighted by Gasteiger charge is 2.05. The SMILES string of the molecule is CC#CCC(Cc1ccc(Cl)cc1)NC. The van der Waals surface area contributed by atoms with E-state index in [1.54, 1.807) is 0 Å². The lowest BCUT2D eigenvalue weighted by atomic mass is 10.0. The highest BCUT2D eigenvalue weighted by molar-refractivity contribution is 6.30. The molecule has 2 heteroatoms. The Morgan fingerprint density at radius 2 is 2.00 bits per heavy atom. The molecule has 1 aromatic rings. The molecule has 1 rings (SSSR count). The summed E-state index contributed by atoms with van der Waals surface area (Å²) in [5, 5.41) is 4.05. The van der Waals surface area contributed by atoms with Crippen LogP contribution in [0.5, 0.6) is 0 Å². The first-order valence-electron chi connectivity index (χ1n) is 5.07. The summed E-state index contributed by atoms with van der Waals surface area (Å²) in [6.45, 7) is 1.87. The van der Waals surface area contributed by atoms with Gasteiger partial charge in [-0.15, -0.1) is 11.8 Å². The van der Waals surface area contributed by atoms with E-state index in [1.807, 2.05) is 26.1 Å². The van der Waals surface area contributed by atoms with Crippen molar-refractivity contribution in [2.75, 3.05) is 7.05 Å². The van der Waals surface area contributed by atoms with Gasteiger partial charge in [0.1, 0.15) is 0 Å². The smallest absolute Gasteiger partial charge is 0.0406 e. The molecule has 0 aromatic heterocycles. The molecule has 1 aromatic carbocycles. The Bertz CT molecular complexity index is 345. The average Bonchev–Trinajstić information content (AvgIpc) is 2.27. The third-order valence-electron chi connectivity index (χ3n) is 2.33. The molecule has 1 N–H and O–H groups in total. The van der Waals surface area contributed by atoms with Gasteiger partial charge in [-0.1, -0.05) is 23.7 Å². The maximum Gasteiger partial charge on any atom is 0.0406 e. The Balaban J connectivity index is 2.57. The van der Waals surface area contributed by atoms with Crippen LogP contribution in [0.25, 0.3) is 0 Å². The molecule has 0 spiro atoms. The molecule has 0 aliphatic rings. The number of likely N-dealkylation sites (N-methyl/N-ethyl adjacent to an activating group) is 1. The van der Waals surface area contributed by atoms with E-state index in [0.717, 1.165) is 17.9 Å². The van der Waals surface area contributed by atoms with Crippen molar-refractivity contribution in [3.8, 4) is 11.8 Å². The zero-order valence-electron chi connectivity index (χ0n) is 9.18. The van der Waals surface area contributed by atoms with Gasteiger partial charge >= 0.3 is 0 Å². The predicted molar refractivity (Wildman–Crippen MR) is 66.1 cm³/mol. The van der Waals surface area contributed by atoms with Crippen molar-refractivity contribution in [1.82, 2.24) is 5.32 Å². The minimum Gasteiger partial charge on any atom is -0.316 e. The van der Waals surface area contributed by atoms with Crippen LogP contribution >= 0.6 is 11.6 Å². The molecule has 0 aliphatic carbocycles. The third-order valence-corrected chi connectivity index (χ3v) is 2.58. The normalized spacial score (nSPS) is 11.7. The molecular weight excluding hydrogens is 206 g/mol. The fourth-order valence-corrected chi connectivity index (χ4v) is 1.53. The predicted octanol–water partition coefficient (Wildman–Crippen LogP) is 2.88. The van der Waals surface area contributed by atoms with Crippen molar-refractivity contribution in [1.29, 1.82) is 0 Å². The number of hydrogen-bond donors (Lipinski definition) is 1. The summed E-state index contributed by atoms with van der Waals surface area (Å²) in [5.41, 5.74) is 1.29. The molecule has 0 fully saturated rings. The van der Waals surface area contributed by atoms with Crippen LogP contribution < -0.4 is 5.32 Å². The minimum absolute atomic E-state index is 0.415. The second-order valence-corrected chi connectivity index (χ2v) is 3.88. The molecular formula is C13H16ClN. The van der Waals surface area contributed by atoms with Crippen molar-refractivity contribution in [2.45, 2.75) is 25.8 Å². The summed E-state index contributed by atoms with van der Waals surface area (Å²) < 4.78 is 0. The zero-order valence-corrected chi connectivity index (χ0v) is 9.93. The Hall–Kier alpha value is -0.970. The van der Waals surface area contributed by atoms with E-state index in [9.17, 15) is 0 Å². The highest BCUT2D eigenvalue weighted by Crippen LogP contribution is 2.11. The van der Waals surface area contributed by atoms with Crippen LogP contribution in [0.2, 0.25) is 5.02 Å². The molecule has 0 heterocycles. The van der Waals surface area contributed by atoms with Gasteiger partial charge in [0.2, 0.25) is 0 Å². The first-order valence-corrected chi connectivity index (χ1v) is 5.45. The summed E-state index contributed by atoms with van der Waals surface area (Å²) in [6.07, 6.45) is 1.87. The van der Waals surface area contributed by atoms with E-state index in [-0.39, 0.29) is 0 Å². The van der Waals surface area contributed by atoms with Gasteiger partial charge in [0.15, 0.2) is 0 Å². The van der Waals surface area contributed by atoms with Gasteiger partial charge in [-0.25, -0.2) is 0 Å². The van der Waals surface area contributed by atoms with Crippen LogP contribution in [-0.2, 0) is 6.42 Å². The summed E-state index contributed by atoms with van der Waals surface area (Å²) in [4.78, 5) is 0. The molecule has 0 amide bonds. The Kier molecular flexibility index (Phi) is 5.25. The standard InChI is InChI=1S/C13H16ClN/c1-3-4-5-13(15-2)10-11-6-8-12(14)9-7-11/h6-9,13,15H,5,10H2,1-2H3. The molecule has 0 aliphatic heterocycles. The van der Waals surface area contributed by atoms with E-state index in [2.05, 4.69) is 29.3 Å². The molecule has 1 nitrogen and oxygen atoms in total. The third kappa shape index (κ3) is 4.38. The van der Waals surface area contributed by atoms with Crippen molar-refractivity contribution >= 4 is 11.6 Å². The van der Waals surface area contributed by atoms with E-state index >= 15 is 0 Å². The van der Waals surface area contributed by atoms with Crippen LogP contribution in [0.4, 0.5) is 0 Å². The maximum atomic E-state index is 5.83. The number of benzene rings is 1. The lowest BCUT2D eigenvalue weighted by molar-refractivity contribution is 0.573. The maximum absolute atomic E-state index is 5.83. The van der Waals surface area contributed by atoms with Crippen molar-refractivity contribution < 1.29 is 0 Å². The minimum atomic E-state index is 0.415. The van der Waals surface area contributed by atoms with Gasteiger partial charge < -0.3 is 5.32 Å². The molecule has 1 unspecified atom stereocenters. The Morgan fingerprint density at radius 3 is 2.53 bits per heavy atom. The van der Waals surface area contributed by atoms with Gasteiger partial charge in [-0.2, -0.15) is 0 Å². The van der Waals surface area contributed by atoms with Gasteiger partial charge in [0.05, 0.1) is 0 Å². The van der Waals surface area contributed by atoms with Crippen LogP contribution in [0, 0.1) is 11.8 Å². The Morgan fingerprint density at radius 1 is 1.33 bits per heavy atom. The molecule has 0 radical (unpaired) electrons. The highest BCUT2D eigenvalue weighted by atomic mass is 35.5. The van der Waals surface area contributed by atoms with E-state index in [0.29, 0.717) is 6.04 Å². The second kappa shape index (κ2) is 6.50. The van der Waals surface area contributed by atoms with Crippen molar-refractivity contribution in [2.24, 2.45) is 0 Å².